The molecule has 6 heteroatoms. The lowest BCUT2D eigenvalue weighted by molar-refractivity contribution is 0.393. The number of likely N-dealkylation sites (N-methyl/N-ethyl adjacent to an activating group) is 1. The van der Waals surface area contributed by atoms with E-state index in [9.17, 15) is 0 Å². The maximum atomic E-state index is 5.43. The molecule has 2 heterocycles. The van der Waals surface area contributed by atoms with E-state index in [0.29, 0.717) is 5.88 Å². The highest BCUT2D eigenvalue weighted by molar-refractivity contribution is 5.30. The van der Waals surface area contributed by atoms with E-state index in [1.807, 2.05) is 30.1 Å². The minimum absolute atomic E-state index is 0.109. The standard InChI is InChI=1S/C15H22N4O2/c1-5-19-15(13(20-3)10-18-19)12(16-2)8-11-6-7-14(21-4)17-9-11/h6-7,9-10,12,16H,5,8H2,1-4H3. The molecule has 2 rings (SSSR count). The van der Waals surface area contributed by atoms with Crippen molar-refractivity contribution in [3.8, 4) is 11.6 Å². The van der Waals surface area contributed by atoms with E-state index >= 15 is 0 Å². The maximum Gasteiger partial charge on any atom is 0.212 e. The third-order valence-electron chi connectivity index (χ3n) is 3.49. The topological polar surface area (TPSA) is 61.2 Å². The molecule has 0 fully saturated rings. The monoisotopic (exact) mass is 290 g/mol. The Morgan fingerprint density at radius 3 is 2.57 bits per heavy atom. The Hall–Kier alpha value is -2.08. The van der Waals surface area contributed by atoms with Gasteiger partial charge in [-0.1, -0.05) is 6.07 Å². The van der Waals surface area contributed by atoms with Crippen LogP contribution in [0.15, 0.2) is 24.5 Å². The van der Waals surface area contributed by atoms with Gasteiger partial charge < -0.3 is 14.8 Å². The molecule has 0 saturated carbocycles. The lowest BCUT2D eigenvalue weighted by Gasteiger charge is -2.19. The summed E-state index contributed by atoms with van der Waals surface area (Å²) in [5.41, 5.74) is 2.18. The molecule has 2 aromatic heterocycles. The fraction of sp³-hybridized carbons (Fsp3) is 0.467. The van der Waals surface area contributed by atoms with Gasteiger partial charge in [0.1, 0.15) is 0 Å². The van der Waals surface area contributed by atoms with Crippen LogP contribution in [0, 0.1) is 0 Å². The molecule has 2 aromatic rings. The number of nitrogens with one attached hydrogen (secondary N) is 1. The van der Waals surface area contributed by atoms with Crippen LogP contribution < -0.4 is 14.8 Å². The van der Waals surface area contributed by atoms with Gasteiger partial charge in [-0.2, -0.15) is 5.10 Å². The Labute approximate surface area is 125 Å². The molecule has 1 unspecified atom stereocenters. The van der Waals surface area contributed by atoms with E-state index in [1.165, 1.54) is 0 Å². The van der Waals surface area contributed by atoms with E-state index in [4.69, 9.17) is 9.47 Å². The fourth-order valence-electron chi connectivity index (χ4n) is 2.36. The van der Waals surface area contributed by atoms with Crippen molar-refractivity contribution in [3.05, 3.63) is 35.8 Å². The van der Waals surface area contributed by atoms with Gasteiger partial charge in [-0.25, -0.2) is 4.98 Å². The Morgan fingerprint density at radius 1 is 1.24 bits per heavy atom. The number of aromatic nitrogens is 3. The third kappa shape index (κ3) is 3.33. The maximum absolute atomic E-state index is 5.43. The van der Waals surface area contributed by atoms with Crippen molar-refractivity contribution in [1.82, 2.24) is 20.1 Å². The number of hydrogen-bond donors (Lipinski definition) is 1. The molecule has 1 N–H and O–H groups in total. The predicted octanol–water partition coefficient (Wildman–Crippen LogP) is 1.82. The van der Waals surface area contributed by atoms with E-state index in [0.717, 1.165) is 30.0 Å². The average Bonchev–Trinajstić information content (AvgIpc) is 2.96. The molecule has 21 heavy (non-hydrogen) atoms. The van der Waals surface area contributed by atoms with Crippen LogP contribution in [0.4, 0.5) is 0 Å². The zero-order chi connectivity index (χ0) is 15.2. The van der Waals surface area contributed by atoms with E-state index in [1.54, 1.807) is 20.4 Å². The summed E-state index contributed by atoms with van der Waals surface area (Å²) in [6, 6.07) is 4.00. The fourth-order valence-corrected chi connectivity index (χ4v) is 2.36. The molecular weight excluding hydrogens is 268 g/mol. The molecule has 1 atom stereocenters. The Bertz CT molecular complexity index is 544. The number of nitrogens with zero attached hydrogens (tertiary/aromatic N) is 3. The summed E-state index contributed by atoms with van der Waals surface area (Å²) >= 11 is 0. The number of hydrogen-bond acceptors (Lipinski definition) is 5. The van der Waals surface area contributed by atoms with Crippen molar-refractivity contribution in [2.24, 2.45) is 0 Å². The number of rotatable bonds is 7. The number of pyridine rings is 1. The summed E-state index contributed by atoms with van der Waals surface area (Å²) in [4.78, 5) is 4.25. The van der Waals surface area contributed by atoms with Gasteiger partial charge in [0.25, 0.3) is 0 Å². The first kappa shape index (κ1) is 15.3. The Kier molecular flexibility index (Phi) is 5.16. The van der Waals surface area contributed by atoms with Crippen LogP contribution in [-0.4, -0.2) is 36.0 Å². The van der Waals surface area contributed by atoms with E-state index < -0.39 is 0 Å². The highest BCUT2D eigenvalue weighted by Gasteiger charge is 2.20. The molecule has 0 aliphatic rings. The van der Waals surface area contributed by atoms with Crippen LogP contribution in [0.3, 0.4) is 0 Å². The molecule has 0 radical (unpaired) electrons. The quantitative estimate of drug-likeness (QED) is 0.843. The summed E-state index contributed by atoms with van der Waals surface area (Å²) in [6.07, 6.45) is 4.40. The van der Waals surface area contributed by atoms with Crippen molar-refractivity contribution in [1.29, 1.82) is 0 Å². The molecular formula is C15H22N4O2. The highest BCUT2D eigenvalue weighted by Crippen LogP contribution is 2.27. The van der Waals surface area contributed by atoms with Gasteiger partial charge in [0, 0.05) is 18.8 Å². The van der Waals surface area contributed by atoms with Crippen molar-refractivity contribution in [2.45, 2.75) is 25.9 Å². The van der Waals surface area contributed by atoms with Crippen LogP contribution in [-0.2, 0) is 13.0 Å². The molecule has 0 spiro atoms. The van der Waals surface area contributed by atoms with E-state index in [2.05, 4.69) is 22.3 Å². The number of aryl methyl sites for hydroxylation is 1. The number of ether oxygens (including phenoxy) is 2. The lowest BCUT2D eigenvalue weighted by Crippen LogP contribution is -2.23. The highest BCUT2D eigenvalue weighted by atomic mass is 16.5. The van der Waals surface area contributed by atoms with Gasteiger partial charge in [0.15, 0.2) is 5.75 Å². The zero-order valence-corrected chi connectivity index (χ0v) is 13.0. The Morgan fingerprint density at radius 2 is 2.05 bits per heavy atom. The van der Waals surface area contributed by atoms with Crippen LogP contribution >= 0.6 is 0 Å². The van der Waals surface area contributed by atoms with Gasteiger partial charge in [0.2, 0.25) is 5.88 Å². The van der Waals surface area contributed by atoms with Gasteiger partial charge in [-0.05, 0) is 26.0 Å². The van der Waals surface area contributed by atoms with Crippen LogP contribution in [0.2, 0.25) is 0 Å². The zero-order valence-electron chi connectivity index (χ0n) is 13.0. The Balaban J connectivity index is 2.24. The van der Waals surface area contributed by atoms with E-state index in [-0.39, 0.29) is 6.04 Å². The third-order valence-corrected chi connectivity index (χ3v) is 3.49. The first-order chi connectivity index (χ1) is 10.2. The van der Waals surface area contributed by atoms with Crippen molar-refractivity contribution >= 4 is 0 Å². The SMILES string of the molecule is CCn1ncc(OC)c1C(Cc1ccc(OC)nc1)NC. The lowest BCUT2D eigenvalue weighted by atomic mass is 10.0. The van der Waals surface area contributed by atoms with Gasteiger partial charge >= 0.3 is 0 Å². The van der Waals surface area contributed by atoms with Crippen molar-refractivity contribution < 1.29 is 9.47 Å². The smallest absolute Gasteiger partial charge is 0.212 e. The second kappa shape index (κ2) is 7.08. The van der Waals surface area contributed by atoms with Gasteiger partial charge in [0.05, 0.1) is 32.2 Å². The molecule has 0 amide bonds. The van der Waals surface area contributed by atoms with Gasteiger partial charge in [-0.3, -0.25) is 4.68 Å². The van der Waals surface area contributed by atoms with Crippen LogP contribution in [0.5, 0.6) is 11.6 Å². The summed E-state index contributed by atoms with van der Waals surface area (Å²) in [6.45, 7) is 2.87. The first-order valence-electron chi connectivity index (χ1n) is 6.99. The second-order valence-electron chi connectivity index (χ2n) is 4.67. The molecule has 114 valence electrons. The molecule has 0 bridgehead atoms. The number of methoxy groups -OCH3 is 2. The normalized spacial score (nSPS) is 12.2. The van der Waals surface area contributed by atoms with Crippen molar-refractivity contribution in [3.63, 3.8) is 0 Å². The summed E-state index contributed by atoms with van der Waals surface area (Å²) in [7, 11) is 5.22. The summed E-state index contributed by atoms with van der Waals surface area (Å²) in [5.74, 6) is 1.42. The van der Waals surface area contributed by atoms with Crippen molar-refractivity contribution in [2.75, 3.05) is 21.3 Å². The minimum atomic E-state index is 0.109. The second-order valence-corrected chi connectivity index (χ2v) is 4.67. The molecule has 0 aliphatic heterocycles. The summed E-state index contributed by atoms with van der Waals surface area (Å²) < 4.78 is 12.5. The first-order valence-corrected chi connectivity index (χ1v) is 6.99. The molecule has 6 nitrogen and oxygen atoms in total. The van der Waals surface area contributed by atoms with Crippen LogP contribution in [0.1, 0.15) is 24.2 Å². The summed E-state index contributed by atoms with van der Waals surface area (Å²) in [5, 5.41) is 7.69. The van der Waals surface area contributed by atoms with Gasteiger partial charge in [-0.15, -0.1) is 0 Å². The predicted molar refractivity (Wildman–Crippen MR) is 80.7 cm³/mol. The average molecular weight is 290 g/mol. The molecule has 0 saturated heterocycles. The largest absolute Gasteiger partial charge is 0.493 e. The molecule has 0 aliphatic carbocycles. The van der Waals surface area contributed by atoms with Crippen LogP contribution in [0.25, 0.3) is 0 Å². The molecule has 0 aromatic carbocycles. The minimum Gasteiger partial charge on any atom is -0.493 e.